The molecule has 1 N–H and O–H groups in total. The number of nitrogens with zero attached hydrogens (tertiary/aromatic N) is 1. The third-order valence-corrected chi connectivity index (χ3v) is 9.53. The van der Waals surface area contributed by atoms with Crippen molar-refractivity contribution in [2.75, 3.05) is 41.0 Å². The Morgan fingerprint density at radius 2 is 0.966 bits per heavy atom. The molecule has 8 heteroatoms. The Morgan fingerprint density at radius 1 is 0.534 bits per heavy atom. The van der Waals surface area contributed by atoms with Crippen molar-refractivity contribution in [1.82, 2.24) is 0 Å². The highest BCUT2D eigenvalue weighted by atomic mass is 16.6. The van der Waals surface area contributed by atoms with Gasteiger partial charge in [0.05, 0.1) is 34.4 Å². The minimum absolute atomic E-state index is 0.0363. The molecule has 0 aromatic heterocycles. The summed E-state index contributed by atoms with van der Waals surface area (Å²) in [7, 11) is 5.50. The lowest BCUT2D eigenvalue weighted by Gasteiger charge is -2.31. The van der Waals surface area contributed by atoms with Gasteiger partial charge in [-0.25, -0.2) is 4.79 Å². The Kier molecular flexibility index (Phi) is 37.9. The average molecular weight is 811 g/mol. The zero-order valence-corrected chi connectivity index (χ0v) is 37.5. The molecule has 0 amide bonds. The van der Waals surface area contributed by atoms with Gasteiger partial charge in [0.1, 0.15) is 6.61 Å². The Labute approximate surface area is 354 Å². The van der Waals surface area contributed by atoms with Gasteiger partial charge in [-0.05, 0) is 89.9 Å². The van der Waals surface area contributed by atoms with E-state index in [0.717, 1.165) is 83.5 Å². The summed E-state index contributed by atoms with van der Waals surface area (Å²) in [5.41, 5.74) is 0. The number of aliphatic carboxylic acids is 1. The van der Waals surface area contributed by atoms with E-state index in [1.807, 2.05) is 21.1 Å². The molecule has 2 atom stereocenters. The van der Waals surface area contributed by atoms with Crippen LogP contribution in [0.3, 0.4) is 0 Å². The van der Waals surface area contributed by atoms with Gasteiger partial charge in [0.25, 0.3) is 0 Å². The molecule has 58 heavy (non-hydrogen) atoms. The van der Waals surface area contributed by atoms with E-state index in [1.54, 1.807) is 0 Å². The zero-order valence-electron chi connectivity index (χ0n) is 37.5. The molecule has 8 nitrogen and oxygen atoms in total. The normalized spacial score (nSPS) is 13.7. The van der Waals surface area contributed by atoms with Crippen molar-refractivity contribution in [3.63, 3.8) is 0 Å². The number of hydrogen-bond acceptors (Lipinski definition) is 6. The summed E-state index contributed by atoms with van der Waals surface area (Å²) >= 11 is 0. The predicted molar refractivity (Wildman–Crippen MR) is 243 cm³/mol. The van der Waals surface area contributed by atoms with Crippen LogP contribution in [0.15, 0.2) is 85.1 Å². The standard InChI is InChI=1S/C50H83NO7/c1-6-8-10-12-14-16-18-20-21-22-23-24-25-26-27-29-30-32-34-36-38-40-48(52)57-45-46(44-56-43-42-47(50(54)55)51(3,4)5)58-49(53)41-39-37-35-33-31-28-19-17-15-13-11-9-7-2/h8,10,14,16,20-21,23-24,26-28,30-32,46-47H,6-7,9,11-13,15,17-19,22,25,29,33-45H2,1-5H3/p+1/b10-8+,16-14+,21-20+,24-23+,27-26+,31-28+,32-30+. The van der Waals surface area contributed by atoms with Crippen LogP contribution in [0, 0.1) is 0 Å². The lowest BCUT2D eigenvalue weighted by molar-refractivity contribution is -0.887. The van der Waals surface area contributed by atoms with Gasteiger partial charge in [-0.3, -0.25) is 9.59 Å². The van der Waals surface area contributed by atoms with Crippen molar-refractivity contribution in [1.29, 1.82) is 0 Å². The Bertz CT molecular complexity index is 1220. The maximum atomic E-state index is 12.7. The summed E-state index contributed by atoms with van der Waals surface area (Å²) in [6.07, 6.45) is 52.0. The number of ether oxygens (including phenoxy) is 3. The van der Waals surface area contributed by atoms with Crippen molar-refractivity contribution in [3.8, 4) is 0 Å². The van der Waals surface area contributed by atoms with Gasteiger partial charge >= 0.3 is 17.9 Å². The molecule has 0 saturated heterocycles. The van der Waals surface area contributed by atoms with Crippen molar-refractivity contribution in [3.05, 3.63) is 85.1 Å². The molecule has 0 heterocycles. The molecule has 0 radical (unpaired) electrons. The molecule has 0 fully saturated rings. The van der Waals surface area contributed by atoms with E-state index in [-0.39, 0.29) is 36.2 Å². The van der Waals surface area contributed by atoms with Crippen molar-refractivity contribution >= 4 is 17.9 Å². The summed E-state index contributed by atoms with van der Waals surface area (Å²) in [5, 5.41) is 9.62. The van der Waals surface area contributed by atoms with E-state index in [1.165, 1.54) is 38.5 Å². The number of allylic oxidation sites excluding steroid dienone is 14. The number of esters is 2. The van der Waals surface area contributed by atoms with Gasteiger partial charge in [0.2, 0.25) is 0 Å². The van der Waals surface area contributed by atoms with E-state index in [9.17, 15) is 19.5 Å². The van der Waals surface area contributed by atoms with E-state index < -0.39 is 18.1 Å². The van der Waals surface area contributed by atoms with Gasteiger partial charge in [-0.2, -0.15) is 0 Å². The number of rotatable bonds is 39. The first kappa shape index (κ1) is 54.5. The summed E-state index contributed by atoms with van der Waals surface area (Å²) in [5.74, 6) is -1.55. The van der Waals surface area contributed by atoms with E-state index in [4.69, 9.17) is 14.2 Å². The lowest BCUT2D eigenvalue weighted by atomic mass is 10.1. The monoisotopic (exact) mass is 811 g/mol. The van der Waals surface area contributed by atoms with Crippen LogP contribution in [-0.4, -0.2) is 80.6 Å². The van der Waals surface area contributed by atoms with E-state index >= 15 is 0 Å². The van der Waals surface area contributed by atoms with Crippen LogP contribution in [0.25, 0.3) is 0 Å². The van der Waals surface area contributed by atoms with Crippen molar-refractivity contribution in [2.45, 2.75) is 174 Å². The number of carboxylic acid groups (broad SMARTS) is 1. The lowest BCUT2D eigenvalue weighted by Crippen LogP contribution is -2.50. The molecule has 0 spiro atoms. The fraction of sp³-hybridized carbons (Fsp3) is 0.660. The van der Waals surface area contributed by atoms with Gasteiger partial charge < -0.3 is 23.8 Å². The summed E-state index contributed by atoms with van der Waals surface area (Å²) in [6, 6.07) is -0.628. The molecule has 0 rings (SSSR count). The first-order valence-corrected chi connectivity index (χ1v) is 22.6. The van der Waals surface area contributed by atoms with Crippen LogP contribution in [0.5, 0.6) is 0 Å². The van der Waals surface area contributed by atoms with Crippen LogP contribution in [0.2, 0.25) is 0 Å². The first-order valence-electron chi connectivity index (χ1n) is 22.6. The highest BCUT2D eigenvalue weighted by Crippen LogP contribution is 2.12. The topological polar surface area (TPSA) is 99.1 Å². The molecule has 0 aliphatic carbocycles. The maximum absolute atomic E-state index is 12.7. The smallest absolute Gasteiger partial charge is 0.362 e. The van der Waals surface area contributed by atoms with Gasteiger partial charge in [0.15, 0.2) is 12.1 Å². The fourth-order valence-electron chi connectivity index (χ4n) is 6.03. The second-order valence-corrected chi connectivity index (χ2v) is 15.9. The number of carboxylic acids is 1. The molecule has 0 aliphatic rings. The number of likely N-dealkylation sites (N-methyl/N-ethyl adjacent to an activating group) is 1. The number of hydrogen-bond donors (Lipinski definition) is 1. The Hall–Kier alpha value is -3.49. The van der Waals surface area contributed by atoms with Crippen LogP contribution >= 0.6 is 0 Å². The number of carbonyl (C=O) groups excluding carboxylic acids is 2. The summed E-state index contributed by atoms with van der Waals surface area (Å²) in [6.45, 7) is 4.53. The molecule has 0 aromatic rings. The number of carbonyl (C=O) groups is 3. The molecule has 2 unspecified atom stereocenters. The SMILES string of the molecule is CC/C=C/C/C=C/C/C=C/C/C=C/C/C=C/C/C=C/CCCCC(=O)OCC(COCCC(C(=O)O)[N+](C)(C)C)OC(=O)CCCCC/C=C/CCCCCCCC. The highest BCUT2D eigenvalue weighted by molar-refractivity contribution is 5.72. The molecule has 0 saturated carbocycles. The Morgan fingerprint density at radius 3 is 1.48 bits per heavy atom. The van der Waals surface area contributed by atoms with Gasteiger partial charge in [-0.15, -0.1) is 0 Å². The third-order valence-electron chi connectivity index (χ3n) is 9.53. The zero-order chi connectivity index (χ0) is 42.8. The van der Waals surface area contributed by atoms with Crippen molar-refractivity contribution < 1.29 is 38.2 Å². The quantitative estimate of drug-likeness (QED) is 0.0286. The minimum Gasteiger partial charge on any atom is -0.477 e. The largest absolute Gasteiger partial charge is 0.477 e. The van der Waals surface area contributed by atoms with E-state index in [0.29, 0.717) is 25.7 Å². The van der Waals surface area contributed by atoms with Crippen molar-refractivity contribution in [2.24, 2.45) is 0 Å². The van der Waals surface area contributed by atoms with E-state index in [2.05, 4.69) is 98.9 Å². The van der Waals surface area contributed by atoms with Crippen LogP contribution in [0.1, 0.15) is 162 Å². The molecule has 0 bridgehead atoms. The highest BCUT2D eigenvalue weighted by Gasteiger charge is 2.31. The average Bonchev–Trinajstić information content (AvgIpc) is 3.18. The van der Waals surface area contributed by atoms with Crippen LogP contribution in [0.4, 0.5) is 0 Å². The predicted octanol–water partition coefficient (Wildman–Crippen LogP) is 12.5. The molecular formula is C50H84NO7+. The van der Waals surface area contributed by atoms with Crippen LogP contribution in [-0.2, 0) is 28.6 Å². The van der Waals surface area contributed by atoms with Gasteiger partial charge in [-0.1, -0.05) is 137 Å². The number of quaternary nitrogens is 1. The minimum atomic E-state index is -0.887. The Balaban J connectivity index is 4.43. The molecule has 0 aromatic carbocycles. The second kappa shape index (κ2) is 40.3. The third kappa shape index (κ3) is 38.1. The van der Waals surface area contributed by atoms with Gasteiger partial charge in [0, 0.05) is 19.3 Å². The fourth-order valence-corrected chi connectivity index (χ4v) is 6.03. The summed E-state index contributed by atoms with van der Waals surface area (Å²) < 4.78 is 17.2. The van der Waals surface area contributed by atoms with Crippen LogP contribution < -0.4 is 0 Å². The second-order valence-electron chi connectivity index (χ2n) is 15.9. The first-order chi connectivity index (χ1) is 28.1. The molecular weight excluding hydrogens is 727 g/mol. The molecule has 0 aliphatic heterocycles. The maximum Gasteiger partial charge on any atom is 0.362 e. The molecule has 330 valence electrons. The summed E-state index contributed by atoms with van der Waals surface area (Å²) in [4.78, 5) is 37.0. The number of unbranched alkanes of at least 4 members (excludes halogenated alkanes) is 11.